The molecule has 0 aromatic carbocycles. The number of hydrogen-bond donors (Lipinski definition) is 1. The normalized spacial score (nSPS) is 10.6. The van der Waals surface area contributed by atoms with Crippen molar-refractivity contribution in [3.8, 4) is 11.5 Å². The van der Waals surface area contributed by atoms with Crippen molar-refractivity contribution < 1.29 is 14.3 Å². The first-order chi connectivity index (χ1) is 9.74. The topological polar surface area (TPSA) is 107 Å². The molecule has 100 valence electrons. The highest BCUT2D eigenvalue weighted by molar-refractivity contribution is 5.84. The van der Waals surface area contributed by atoms with Gasteiger partial charge < -0.3 is 9.52 Å². The number of tetrazole rings is 1. The fourth-order valence-corrected chi connectivity index (χ4v) is 1.72. The molecule has 0 saturated heterocycles. The van der Waals surface area contributed by atoms with Gasteiger partial charge in [-0.3, -0.25) is 4.98 Å². The Morgan fingerprint density at radius 2 is 2.20 bits per heavy atom. The molecule has 0 fully saturated rings. The lowest BCUT2D eigenvalue weighted by Crippen LogP contribution is -2.04. The van der Waals surface area contributed by atoms with Crippen molar-refractivity contribution in [3.05, 3.63) is 48.0 Å². The summed E-state index contributed by atoms with van der Waals surface area (Å²) in [6.07, 6.45) is 1.64. The van der Waals surface area contributed by atoms with E-state index in [1.165, 1.54) is 10.7 Å². The number of carboxylic acids is 1. The molecule has 20 heavy (non-hydrogen) atoms. The van der Waals surface area contributed by atoms with Crippen molar-refractivity contribution in [2.45, 2.75) is 6.54 Å². The van der Waals surface area contributed by atoms with Crippen LogP contribution >= 0.6 is 0 Å². The summed E-state index contributed by atoms with van der Waals surface area (Å²) in [5.41, 5.74) is 0.627. The van der Waals surface area contributed by atoms with Crippen LogP contribution in [0.15, 0.2) is 40.9 Å². The van der Waals surface area contributed by atoms with Crippen LogP contribution in [-0.2, 0) is 6.54 Å². The van der Waals surface area contributed by atoms with Gasteiger partial charge in [-0.1, -0.05) is 6.07 Å². The van der Waals surface area contributed by atoms with Gasteiger partial charge in [0.25, 0.3) is 0 Å². The number of aromatic nitrogens is 5. The Morgan fingerprint density at radius 1 is 1.30 bits per heavy atom. The SMILES string of the molecule is O=C(O)c1ccc(Cn2nnnc2-c2ccccn2)o1. The van der Waals surface area contributed by atoms with Crippen LogP contribution in [0.3, 0.4) is 0 Å². The molecule has 8 heteroatoms. The van der Waals surface area contributed by atoms with Crippen molar-refractivity contribution in [3.63, 3.8) is 0 Å². The molecule has 0 bridgehead atoms. The Balaban J connectivity index is 1.88. The molecule has 0 aliphatic carbocycles. The summed E-state index contributed by atoms with van der Waals surface area (Å²) < 4.78 is 6.67. The zero-order valence-electron chi connectivity index (χ0n) is 10.2. The molecule has 0 radical (unpaired) electrons. The first-order valence-electron chi connectivity index (χ1n) is 5.73. The summed E-state index contributed by atoms with van der Waals surface area (Å²) in [5, 5.41) is 20.2. The number of carbonyl (C=O) groups is 1. The predicted molar refractivity (Wildman–Crippen MR) is 65.8 cm³/mol. The van der Waals surface area contributed by atoms with E-state index in [4.69, 9.17) is 9.52 Å². The molecule has 8 nitrogen and oxygen atoms in total. The first kappa shape index (κ1) is 12.0. The molecule has 0 unspecified atom stereocenters. The minimum atomic E-state index is -1.11. The van der Waals surface area contributed by atoms with Crippen molar-refractivity contribution in [2.24, 2.45) is 0 Å². The molecule has 3 aromatic heterocycles. The minimum Gasteiger partial charge on any atom is -0.475 e. The number of hydrogen-bond acceptors (Lipinski definition) is 6. The number of nitrogens with zero attached hydrogens (tertiary/aromatic N) is 5. The predicted octanol–water partition coefficient (Wildman–Crippen LogP) is 1.07. The standard InChI is InChI=1S/C12H9N5O3/c18-12(19)10-5-4-8(20-10)7-17-11(14-15-16-17)9-3-1-2-6-13-9/h1-6H,7H2,(H,18,19). The molecule has 0 aliphatic rings. The van der Waals surface area contributed by atoms with E-state index >= 15 is 0 Å². The van der Waals surface area contributed by atoms with E-state index in [1.54, 1.807) is 24.4 Å². The fourth-order valence-electron chi connectivity index (χ4n) is 1.72. The van der Waals surface area contributed by atoms with Gasteiger partial charge in [0.15, 0.2) is 0 Å². The first-order valence-corrected chi connectivity index (χ1v) is 5.73. The third kappa shape index (κ3) is 2.26. The number of furan rings is 1. The largest absolute Gasteiger partial charge is 0.475 e. The van der Waals surface area contributed by atoms with Crippen LogP contribution in [-0.4, -0.2) is 36.3 Å². The van der Waals surface area contributed by atoms with Gasteiger partial charge in [0.2, 0.25) is 11.6 Å². The molecule has 0 atom stereocenters. The van der Waals surface area contributed by atoms with Gasteiger partial charge in [0.05, 0.1) is 0 Å². The van der Waals surface area contributed by atoms with Crippen LogP contribution < -0.4 is 0 Å². The molecule has 0 spiro atoms. The van der Waals surface area contributed by atoms with E-state index in [0.29, 0.717) is 17.3 Å². The Morgan fingerprint density at radius 3 is 2.90 bits per heavy atom. The van der Waals surface area contributed by atoms with E-state index in [-0.39, 0.29) is 12.3 Å². The van der Waals surface area contributed by atoms with Gasteiger partial charge in [0.1, 0.15) is 18.0 Å². The summed E-state index contributed by atoms with van der Waals surface area (Å²) in [6, 6.07) is 8.38. The molecule has 3 heterocycles. The van der Waals surface area contributed by atoms with Gasteiger partial charge in [-0.15, -0.1) is 5.10 Å². The van der Waals surface area contributed by atoms with Crippen LogP contribution in [0.2, 0.25) is 0 Å². The van der Waals surface area contributed by atoms with Gasteiger partial charge in [-0.25, -0.2) is 9.48 Å². The van der Waals surface area contributed by atoms with Gasteiger partial charge in [-0.2, -0.15) is 0 Å². The summed E-state index contributed by atoms with van der Waals surface area (Å²) in [5.74, 6) is -0.295. The van der Waals surface area contributed by atoms with Crippen LogP contribution in [0.5, 0.6) is 0 Å². The second kappa shape index (κ2) is 4.92. The molecule has 0 amide bonds. The second-order valence-corrected chi connectivity index (χ2v) is 3.95. The van der Waals surface area contributed by atoms with Gasteiger partial charge in [0, 0.05) is 6.20 Å². The van der Waals surface area contributed by atoms with E-state index in [2.05, 4.69) is 20.5 Å². The summed E-state index contributed by atoms with van der Waals surface area (Å²) in [7, 11) is 0. The van der Waals surface area contributed by atoms with E-state index in [9.17, 15) is 4.79 Å². The fraction of sp³-hybridized carbons (Fsp3) is 0.0833. The third-order valence-corrected chi connectivity index (χ3v) is 2.60. The minimum absolute atomic E-state index is 0.118. The van der Waals surface area contributed by atoms with Crippen molar-refractivity contribution in [2.75, 3.05) is 0 Å². The Bertz CT molecular complexity index is 734. The lowest BCUT2D eigenvalue weighted by atomic mass is 10.3. The zero-order valence-corrected chi connectivity index (χ0v) is 10.2. The van der Waals surface area contributed by atoms with Crippen molar-refractivity contribution in [1.29, 1.82) is 0 Å². The van der Waals surface area contributed by atoms with Crippen LogP contribution in [0.4, 0.5) is 0 Å². The molecular formula is C12H9N5O3. The van der Waals surface area contributed by atoms with Crippen LogP contribution in [0.25, 0.3) is 11.5 Å². The third-order valence-electron chi connectivity index (χ3n) is 2.60. The highest BCUT2D eigenvalue weighted by Gasteiger charge is 2.13. The van der Waals surface area contributed by atoms with Crippen LogP contribution in [0.1, 0.15) is 16.3 Å². The number of rotatable bonds is 4. The Labute approximate surface area is 112 Å². The van der Waals surface area contributed by atoms with E-state index < -0.39 is 5.97 Å². The zero-order chi connectivity index (χ0) is 13.9. The van der Waals surface area contributed by atoms with Crippen molar-refractivity contribution >= 4 is 5.97 Å². The lowest BCUT2D eigenvalue weighted by molar-refractivity contribution is 0.0660. The summed E-state index contributed by atoms with van der Waals surface area (Å²) in [6.45, 7) is 0.228. The maximum absolute atomic E-state index is 10.8. The molecule has 0 aliphatic heterocycles. The monoisotopic (exact) mass is 271 g/mol. The summed E-state index contributed by atoms with van der Waals surface area (Å²) in [4.78, 5) is 14.9. The lowest BCUT2D eigenvalue weighted by Gasteiger charge is -2.01. The second-order valence-electron chi connectivity index (χ2n) is 3.95. The average Bonchev–Trinajstić information content (AvgIpc) is 3.09. The quantitative estimate of drug-likeness (QED) is 0.756. The molecule has 1 N–H and O–H groups in total. The molecular weight excluding hydrogens is 262 g/mol. The Kier molecular flexibility index (Phi) is 2.96. The van der Waals surface area contributed by atoms with Crippen molar-refractivity contribution in [1.82, 2.24) is 25.2 Å². The van der Waals surface area contributed by atoms with E-state index in [1.807, 2.05) is 6.07 Å². The molecule has 3 aromatic rings. The highest BCUT2D eigenvalue weighted by atomic mass is 16.4. The highest BCUT2D eigenvalue weighted by Crippen LogP contribution is 2.15. The molecule has 0 saturated carbocycles. The maximum Gasteiger partial charge on any atom is 0.371 e. The van der Waals surface area contributed by atoms with Gasteiger partial charge >= 0.3 is 5.97 Å². The van der Waals surface area contributed by atoms with Gasteiger partial charge in [-0.05, 0) is 34.7 Å². The van der Waals surface area contributed by atoms with E-state index in [0.717, 1.165) is 0 Å². The number of carboxylic acid groups (broad SMARTS) is 1. The maximum atomic E-state index is 10.8. The number of pyridine rings is 1. The summed E-state index contributed by atoms with van der Waals surface area (Å²) >= 11 is 0. The molecule has 3 rings (SSSR count). The van der Waals surface area contributed by atoms with Crippen LogP contribution in [0, 0.1) is 0 Å². The average molecular weight is 271 g/mol. The smallest absolute Gasteiger partial charge is 0.371 e. The number of aromatic carboxylic acids is 1. The Hall–Kier alpha value is -3.03.